The molecule has 0 atom stereocenters. The van der Waals surface area contributed by atoms with Crippen LogP contribution >= 0.6 is 0 Å². The van der Waals surface area contributed by atoms with Crippen molar-refractivity contribution in [1.82, 2.24) is 0 Å². The number of rotatable bonds is 2. The fourth-order valence-electron chi connectivity index (χ4n) is 2.05. The van der Waals surface area contributed by atoms with Gasteiger partial charge in [-0.2, -0.15) is 0 Å². The Bertz CT molecular complexity index is 633. The first kappa shape index (κ1) is 13.1. The van der Waals surface area contributed by atoms with Gasteiger partial charge in [-0.15, -0.1) is 0 Å². The molecule has 0 aliphatic rings. The van der Waals surface area contributed by atoms with Crippen LogP contribution in [0, 0.1) is 20.8 Å². The van der Waals surface area contributed by atoms with Crippen molar-refractivity contribution < 1.29 is 4.79 Å². The van der Waals surface area contributed by atoms with Gasteiger partial charge in [0.25, 0.3) is 5.91 Å². The van der Waals surface area contributed by atoms with E-state index in [1.54, 1.807) is 0 Å². The highest BCUT2D eigenvalue weighted by molar-refractivity contribution is 6.05. The molecule has 1 amide bonds. The maximum atomic E-state index is 12.3. The molecule has 0 unspecified atom stereocenters. The zero-order valence-electron chi connectivity index (χ0n) is 11.4. The predicted octanol–water partition coefficient (Wildman–Crippen LogP) is 3.45. The largest absolute Gasteiger partial charge is 0.398 e. The van der Waals surface area contributed by atoms with Gasteiger partial charge in [0.2, 0.25) is 0 Å². The number of benzene rings is 2. The van der Waals surface area contributed by atoms with Crippen molar-refractivity contribution in [2.75, 3.05) is 11.1 Å². The third-order valence-electron chi connectivity index (χ3n) is 3.25. The van der Waals surface area contributed by atoms with E-state index in [1.807, 2.05) is 57.2 Å². The zero-order chi connectivity index (χ0) is 14.0. The minimum absolute atomic E-state index is 0.105. The molecular formula is C16H18N2O. The van der Waals surface area contributed by atoms with Gasteiger partial charge in [0.1, 0.15) is 0 Å². The average Bonchev–Trinajstić information content (AvgIpc) is 2.34. The second kappa shape index (κ2) is 5.14. The summed E-state index contributed by atoms with van der Waals surface area (Å²) in [5.74, 6) is -0.105. The van der Waals surface area contributed by atoms with Gasteiger partial charge in [0.05, 0.1) is 0 Å². The Labute approximate surface area is 113 Å². The quantitative estimate of drug-likeness (QED) is 0.806. The SMILES string of the molecule is Cc1ccc(C(=O)Nc2cccc(N)c2C)c(C)c1. The fourth-order valence-corrected chi connectivity index (χ4v) is 2.05. The van der Waals surface area contributed by atoms with Crippen molar-refractivity contribution in [3.05, 3.63) is 58.7 Å². The van der Waals surface area contributed by atoms with Crippen LogP contribution < -0.4 is 11.1 Å². The molecule has 2 rings (SSSR count). The summed E-state index contributed by atoms with van der Waals surface area (Å²) in [5.41, 5.74) is 11.0. The highest BCUT2D eigenvalue weighted by atomic mass is 16.1. The number of amides is 1. The predicted molar refractivity (Wildman–Crippen MR) is 79.5 cm³/mol. The number of carbonyl (C=O) groups is 1. The fraction of sp³-hybridized carbons (Fsp3) is 0.188. The van der Waals surface area contributed by atoms with Gasteiger partial charge < -0.3 is 11.1 Å². The lowest BCUT2D eigenvalue weighted by atomic mass is 10.0. The van der Waals surface area contributed by atoms with Crippen LogP contribution in [0.5, 0.6) is 0 Å². The van der Waals surface area contributed by atoms with Crippen LogP contribution in [0.1, 0.15) is 27.0 Å². The molecule has 0 aromatic heterocycles. The molecule has 0 aliphatic heterocycles. The van der Waals surface area contributed by atoms with Crippen LogP contribution in [-0.2, 0) is 0 Å². The molecule has 0 bridgehead atoms. The molecule has 98 valence electrons. The minimum Gasteiger partial charge on any atom is -0.398 e. The van der Waals surface area contributed by atoms with Gasteiger partial charge in [-0.05, 0) is 50.1 Å². The summed E-state index contributed by atoms with van der Waals surface area (Å²) >= 11 is 0. The van der Waals surface area contributed by atoms with E-state index in [-0.39, 0.29) is 5.91 Å². The summed E-state index contributed by atoms with van der Waals surface area (Å²) in [6.07, 6.45) is 0. The van der Waals surface area contributed by atoms with Gasteiger partial charge in [0.15, 0.2) is 0 Å². The summed E-state index contributed by atoms with van der Waals surface area (Å²) in [7, 11) is 0. The Morgan fingerprint density at radius 1 is 1.11 bits per heavy atom. The number of carbonyl (C=O) groups excluding carboxylic acids is 1. The van der Waals surface area contributed by atoms with Crippen molar-refractivity contribution in [2.24, 2.45) is 0 Å². The lowest BCUT2D eigenvalue weighted by Gasteiger charge is -2.11. The van der Waals surface area contributed by atoms with Crippen molar-refractivity contribution in [3.63, 3.8) is 0 Å². The van der Waals surface area contributed by atoms with E-state index in [2.05, 4.69) is 5.32 Å². The lowest BCUT2D eigenvalue weighted by molar-refractivity contribution is 0.102. The Kier molecular flexibility index (Phi) is 3.56. The Balaban J connectivity index is 2.28. The Morgan fingerprint density at radius 2 is 1.84 bits per heavy atom. The smallest absolute Gasteiger partial charge is 0.255 e. The molecule has 0 radical (unpaired) electrons. The standard InChI is InChI=1S/C16H18N2O/c1-10-7-8-13(11(2)9-10)16(19)18-15-6-4-5-14(17)12(15)3/h4-9H,17H2,1-3H3,(H,18,19). The number of anilines is 2. The molecule has 0 aliphatic carbocycles. The number of hydrogen-bond donors (Lipinski definition) is 2. The molecular weight excluding hydrogens is 236 g/mol. The number of aryl methyl sites for hydroxylation is 2. The van der Waals surface area contributed by atoms with Crippen LogP contribution in [0.3, 0.4) is 0 Å². The molecule has 0 heterocycles. The number of nitrogen functional groups attached to an aromatic ring is 1. The highest BCUT2D eigenvalue weighted by Crippen LogP contribution is 2.21. The van der Waals surface area contributed by atoms with Crippen molar-refractivity contribution in [2.45, 2.75) is 20.8 Å². The van der Waals surface area contributed by atoms with Crippen LogP contribution in [0.25, 0.3) is 0 Å². The van der Waals surface area contributed by atoms with Gasteiger partial charge in [-0.3, -0.25) is 4.79 Å². The van der Waals surface area contributed by atoms with E-state index in [4.69, 9.17) is 5.73 Å². The monoisotopic (exact) mass is 254 g/mol. The summed E-state index contributed by atoms with van der Waals surface area (Å²) in [4.78, 5) is 12.3. The van der Waals surface area contributed by atoms with Gasteiger partial charge in [-0.25, -0.2) is 0 Å². The zero-order valence-corrected chi connectivity index (χ0v) is 11.4. The van der Waals surface area contributed by atoms with E-state index in [9.17, 15) is 4.79 Å². The van der Waals surface area contributed by atoms with Gasteiger partial charge >= 0.3 is 0 Å². The van der Waals surface area contributed by atoms with Crippen LogP contribution in [0.4, 0.5) is 11.4 Å². The maximum absolute atomic E-state index is 12.3. The number of nitrogens with one attached hydrogen (secondary N) is 1. The molecule has 3 nitrogen and oxygen atoms in total. The first-order valence-electron chi connectivity index (χ1n) is 6.22. The molecule has 3 N–H and O–H groups in total. The molecule has 0 fully saturated rings. The molecule has 0 saturated carbocycles. The van der Waals surface area contributed by atoms with E-state index in [0.717, 1.165) is 22.4 Å². The summed E-state index contributed by atoms with van der Waals surface area (Å²) < 4.78 is 0. The van der Waals surface area contributed by atoms with E-state index in [0.29, 0.717) is 11.3 Å². The van der Waals surface area contributed by atoms with Crippen LogP contribution in [0.15, 0.2) is 36.4 Å². The van der Waals surface area contributed by atoms with E-state index < -0.39 is 0 Å². The average molecular weight is 254 g/mol. The van der Waals surface area contributed by atoms with E-state index >= 15 is 0 Å². The molecule has 0 saturated heterocycles. The van der Waals surface area contributed by atoms with Crippen LogP contribution in [0.2, 0.25) is 0 Å². The second-order valence-corrected chi connectivity index (χ2v) is 4.79. The Morgan fingerprint density at radius 3 is 2.53 bits per heavy atom. The first-order valence-corrected chi connectivity index (χ1v) is 6.22. The van der Waals surface area contributed by atoms with E-state index in [1.165, 1.54) is 0 Å². The van der Waals surface area contributed by atoms with Crippen molar-refractivity contribution in [3.8, 4) is 0 Å². The summed E-state index contributed by atoms with van der Waals surface area (Å²) in [6.45, 7) is 5.85. The van der Waals surface area contributed by atoms with Crippen molar-refractivity contribution >= 4 is 17.3 Å². The lowest BCUT2D eigenvalue weighted by Crippen LogP contribution is -2.14. The Hall–Kier alpha value is -2.29. The topological polar surface area (TPSA) is 55.1 Å². The van der Waals surface area contributed by atoms with Gasteiger partial charge in [0, 0.05) is 16.9 Å². The molecule has 19 heavy (non-hydrogen) atoms. The summed E-state index contributed by atoms with van der Waals surface area (Å²) in [6, 6.07) is 11.3. The minimum atomic E-state index is -0.105. The molecule has 0 spiro atoms. The van der Waals surface area contributed by atoms with Gasteiger partial charge in [-0.1, -0.05) is 23.8 Å². The van der Waals surface area contributed by atoms with Crippen LogP contribution in [-0.4, -0.2) is 5.91 Å². The third-order valence-corrected chi connectivity index (χ3v) is 3.25. The molecule has 2 aromatic carbocycles. The maximum Gasteiger partial charge on any atom is 0.255 e. The number of nitrogens with two attached hydrogens (primary N) is 1. The molecule has 3 heteroatoms. The second-order valence-electron chi connectivity index (χ2n) is 4.79. The summed E-state index contributed by atoms with van der Waals surface area (Å²) in [5, 5.41) is 2.91. The third kappa shape index (κ3) is 2.76. The van der Waals surface area contributed by atoms with Crippen molar-refractivity contribution in [1.29, 1.82) is 0 Å². The highest BCUT2D eigenvalue weighted by Gasteiger charge is 2.11. The number of hydrogen-bond acceptors (Lipinski definition) is 2. The normalized spacial score (nSPS) is 10.3. The molecule has 2 aromatic rings. The first-order chi connectivity index (χ1) is 8.99.